The van der Waals surface area contributed by atoms with Crippen LogP contribution in [0.4, 0.5) is 10.5 Å². The van der Waals surface area contributed by atoms with Crippen LogP contribution in [0.15, 0.2) is 53.4 Å². The van der Waals surface area contributed by atoms with Crippen LogP contribution in [0.3, 0.4) is 0 Å². The van der Waals surface area contributed by atoms with Crippen LogP contribution < -0.4 is 15.4 Å². The minimum Gasteiger partial charge on any atom is -0.457 e. The lowest BCUT2D eigenvalue weighted by atomic mass is 10.3. The number of hydrogen-bond acceptors (Lipinski definition) is 4. The molecule has 0 spiro atoms. The summed E-state index contributed by atoms with van der Waals surface area (Å²) in [5.74, 6) is 1.13. The molecule has 1 aliphatic carbocycles. The average Bonchev–Trinajstić information content (AvgIpc) is 3.33. The maximum Gasteiger partial charge on any atom is 0.319 e. The Morgan fingerprint density at radius 2 is 1.54 bits per heavy atom. The first kappa shape index (κ1) is 16.3. The number of anilines is 1. The fourth-order valence-corrected chi connectivity index (χ4v) is 2.71. The molecule has 0 heterocycles. The number of hydrogen-bond donors (Lipinski definition) is 2. The maximum absolute atomic E-state index is 11.6. The molecule has 7 heteroatoms. The minimum atomic E-state index is -3.22. The average molecular weight is 346 g/mol. The Morgan fingerprint density at radius 1 is 1.00 bits per heavy atom. The summed E-state index contributed by atoms with van der Waals surface area (Å²) in [4.78, 5) is 11.9. The van der Waals surface area contributed by atoms with Gasteiger partial charge in [-0.25, -0.2) is 13.2 Å². The van der Waals surface area contributed by atoms with E-state index in [1.807, 2.05) is 0 Å². The normalized spacial score (nSPS) is 14.0. The number of carbonyl (C=O) groups excluding carboxylic acids is 1. The standard InChI is InChI=1S/C17H18N2O4S/c1-24(21,22)16-10-8-15(9-11-16)23-14-6-4-13(5-7-14)19-17(20)18-12-2-3-12/h4-12H,2-3H2,1H3,(H2,18,19,20). The molecule has 0 bridgehead atoms. The highest BCUT2D eigenvalue weighted by molar-refractivity contribution is 7.90. The summed E-state index contributed by atoms with van der Waals surface area (Å²) in [5, 5.41) is 5.60. The van der Waals surface area contributed by atoms with Crippen LogP contribution in [0.1, 0.15) is 12.8 Å². The van der Waals surface area contributed by atoms with E-state index in [1.54, 1.807) is 36.4 Å². The highest BCUT2D eigenvalue weighted by Gasteiger charge is 2.23. The molecular formula is C17H18N2O4S. The highest BCUT2D eigenvalue weighted by Crippen LogP contribution is 2.24. The van der Waals surface area contributed by atoms with Gasteiger partial charge in [0.15, 0.2) is 9.84 Å². The quantitative estimate of drug-likeness (QED) is 0.871. The molecule has 2 N–H and O–H groups in total. The number of amides is 2. The van der Waals surface area contributed by atoms with Crippen molar-refractivity contribution >= 4 is 21.6 Å². The van der Waals surface area contributed by atoms with E-state index in [9.17, 15) is 13.2 Å². The van der Waals surface area contributed by atoms with Crippen molar-refractivity contribution in [3.8, 4) is 11.5 Å². The number of nitrogens with one attached hydrogen (secondary N) is 2. The van der Waals surface area contributed by atoms with Crippen molar-refractivity contribution in [2.45, 2.75) is 23.8 Å². The zero-order valence-electron chi connectivity index (χ0n) is 13.2. The molecule has 1 aliphatic rings. The number of ether oxygens (including phenoxy) is 1. The van der Waals surface area contributed by atoms with E-state index in [0.717, 1.165) is 19.1 Å². The molecule has 0 radical (unpaired) electrons. The fourth-order valence-electron chi connectivity index (χ4n) is 2.08. The second-order valence-electron chi connectivity index (χ2n) is 5.74. The van der Waals surface area contributed by atoms with Crippen LogP contribution in [0.25, 0.3) is 0 Å². The lowest BCUT2D eigenvalue weighted by Crippen LogP contribution is -2.30. The molecule has 3 rings (SSSR count). The number of benzene rings is 2. The Morgan fingerprint density at radius 3 is 2.04 bits per heavy atom. The van der Waals surface area contributed by atoms with Crippen molar-refractivity contribution in [3.05, 3.63) is 48.5 Å². The monoisotopic (exact) mass is 346 g/mol. The molecule has 1 fully saturated rings. The first-order chi connectivity index (χ1) is 11.4. The van der Waals surface area contributed by atoms with Crippen LogP contribution in [-0.2, 0) is 9.84 Å². The predicted octanol–water partition coefficient (Wildman–Crippen LogP) is 3.17. The van der Waals surface area contributed by atoms with E-state index in [2.05, 4.69) is 10.6 Å². The summed E-state index contributed by atoms with van der Waals surface area (Å²) < 4.78 is 28.5. The summed E-state index contributed by atoms with van der Waals surface area (Å²) in [5.41, 5.74) is 0.674. The van der Waals surface area contributed by atoms with Gasteiger partial charge in [0, 0.05) is 18.0 Å². The minimum absolute atomic E-state index is 0.206. The SMILES string of the molecule is CS(=O)(=O)c1ccc(Oc2ccc(NC(=O)NC3CC3)cc2)cc1. The number of urea groups is 1. The topological polar surface area (TPSA) is 84.5 Å². The molecule has 126 valence electrons. The number of sulfone groups is 1. The van der Waals surface area contributed by atoms with Gasteiger partial charge in [0.1, 0.15) is 11.5 Å². The third kappa shape index (κ3) is 4.48. The van der Waals surface area contributed by atoms with Gasteiger partial charge < -0.3 is 15.4 Å². The zero-order valence-corrected chi connectivity index (χ0v) is 14.0. The molecule has 24 heavy (non-hydrogen) atoms. The van der Waals surface area contributed by atoms with Crippen LogP contribution >= 0.6 is 0 Å². The summed E-state index contributed by atoms with van der Waals surface area (Å²) in [7, 11) is -3.22. The van der Waals surface area contributed by atoms with Gasteiger partial charge in [0.2, 0.25) is 0 Å². The first-order valence-corrected chi connectivity index (χ1v) is 9.45. The lowest BCUT2D eigenvalue weighted by Gasteiger charge is -2.09. The Bertz CT molecular complexity index is 826. The van der Waals surface area contributed by atoms with Crippen LogP contribution in [-0.4, -0.2) is 26.7 Å². The smallest absolute Gasteiger partial charge is 0.319 e. The molecule has 2 aromatic rings. The van der Waals surface area contributed by atoms with Crippen molar-refractivity contribution in [1.29, 1.82) is 0 Å². The Labute approximate surface area is 140 Å². The van der Waals surface area contributed by atoms with E-state index in [4.69, 9.17) is 4.74 Å². The third-order valence-corrected chi connectivity index (χ3v) is 4.64. The van der Waals surface area contributed by atoms with Gasteiger partial charge in [0.05, 0.1) is 4.90 Å². The Balaban J connectivity index is 1.60. The molecule has 0 unspecified atom stereocenters. The molecule has 0 aliphatic heterocycles. The van der Waals surface area contributed by atoms with E-state index < -0.39 is 9.84 Å². The second-order valence-corrected chi connectivity index (χ2v) is 7.76. The molecular weight excluding hydrogens is 328 g/mol. The Hall–Kier alpha value is -2.54. The van der Waals surface area contributed by atoms with E-state index in [-0.39, 0.29) is 10.9 Å². The largest absolute Gasteiger partial charge is 0.457 e. The van der Waals surface area contributed by atoms with Crippen molar-refractivity contribution in [2.75, 3.05) is 11.6 Å². The van der Waals surface area contributed by atoms with Crippen LogP contribution in [0.2, 0.25) is 0 Å². The molecule has 2 amide bonds. The molecule has 2 aromatic carbocycles. The molecule has 0 atom stereocenters. The number of rotatable bonds is 5. The predicted molar refractivity (Wildman–Crippen MR) is 91.2 cm³/mol. The Kier molecular flexibility index (Phi) is 4.44. The van der Waals surface area contributed by atoms with Gasteiger partial charge in [-0.3, -0.25) is 0 Å². The summed E-state index contributed by atoms with van der Waals surface area (Å²) in [6, 6.07) is 13.3. The maximum atomic E-state index is 11.6. The van der Waals surface area contributed by atoms with Gasteiger partial charge in [-0.15, -0.1) is 0 Å². The fraction of sp³-hybridized carbons (Fsp3) is 0.235. The number of carbonyl (C=O) groups is 1. The molecule has 1 saturated carbocycles. The third-order valence-electron chi connectivity index (χ3n) is 3.51. The van der Waals surface area contributed by atoms with Gasteiger partial charge in [0.25, 0.3) is 0 Å². The van der Waals surface area contributed by atoms with E-state index in [1.165, 1.54) is 12.1 Å². The zero-order chi connectivity index (χ0) is 17.2. The summed E-state index contributed by atoms with van der Waals surface area (Å²) >= 11 is 0. The van der Waals surface area contributed by atoms with Crippen molar-refractivity contribution < 1.29 is 17.9 Å². The van der Waals surface area contributed by atoms with Crippen molar-refractivity contribution in [1.82, 2.24) is 5.32 Å². The molecule has 0 aromatic heterocycles. The molecule has 0 saturated heterocycles. The first-order valence-electron chi connectivity index (χ1n) is 7.56. The van der Waals surface area contributed by atoms with Gasteiger partial charge in [-0.1, -0.05) is 0 Å². The van der Waals surface area contributed by atoms with Crippen molar-refractivity contribution in [2.24, 2.45) is 0 Å². The van der Waals surface area contributed by atoms with Gasteiger partial charge >= 0.3 is 6.03 Å². The van der Waals surface area contributed by atoms with E-state index >= 15 is 0 Å². The van der Waals surface area contributed by atoms with Crippen molar-refractivity contribution in [3.63, 3.8) is 0 Å². The van der Waals surface area contributed by atoms with Gasteiger partial charge in [-0.2, -0.15) is 0 Å². The summed E-state index contributed by atoms with van der Waals surface area (Å²) in [6.45, 7) is 0. The van der Waals surface area contributed by atoms with Crippen LogP contribution in [0.5, 0.6) is 11.5 Å². The lowest BCUT2D eigenvalue weighted by molar-refractivity contribution is 0.251. The van der Waals surface area contributed by atoms with Gasteiger partial charge in [-0.05, 0) is 61.4 Å². The van der Waals surface area contributed by atoms with Crippen LogP contribution in [0, 0.1) is 0 Å². The van der Waals surface area contributed by atoms with E-state index in [0.29, 0.717) is 23.2 Å². The second kappa shape index (κ2) is 6.52. The summed E-state index contributed by atoms with van der Waals surface area (Å²) in [6.07, 6.45) is 3.24. The molecule has 6 nitrogen and oxygen atoms in total. The highest BCUT2D eigenvalue weighted by atomic mass is 32.2.